The molecule has 1 fully saturated rings. The lowest BCUT2D eigenvalue weighted by Crippen LogP contribution is -2.55. The van der Waals surface area contributed by atoms with Gasteiger partial charge in [-0.15, -0.1) is 0 Å². The maximum atomic E-state index is 12.1. The van der Waals surface area contributed by atoms with Gasteiger partial charge >= 0.3 is 5.97 Å². The van der Waals surface area contributed by atoms with Gasteiger partial charge in [-0.25, -0.2) is 4.79 Å². The van der Waals surface area contributed by atoms with Crippen molar-refractivity contribution in [1.29, 1.82) is 0 Å². The number of carboxylic acid groups (broad SMARTS) is 1. The van der Waals surface area contributed by atoms with Gasteiger partial charge in [0.1, 0.15) is 5.76 Å². The summed E-state index contributed by atoms with van der Waals surface area (Å²) in [4.78, 5) is 23.2. The molecule has 116 valence electrons. The summed E-state index contributed by atoms with van der Waals surface area (Å²) in [6.45, 7) is 0.115. The van der Waals surface area contributed by atoms with Crippen LogP contribution >= 0.6 is 11.8 Å². The second-order valence-corrected chi connectivity index (χ2v) is 5.46. The Kier molecular flexibility index (Phi) is 4.84. The minimum atomic E-state index is -2.53. The van der Waals surface area contributed by atoms with E-state index in [0.717, 1.165) is 0 Å². The molecule has 1 atom stereocenters. The minimum absolute atomic E-state index is 0.0713. The van der Waals surface area contributed by atoms with E-state index in [9.17, 15) is 23.5 Å². The number of hydrogen-bond donors (Lipinski definition) is 2. The first-order valence-corrected chi connectivity index (χ1v) is 7.10. The summed E-state index contributed by atoms with van der Waals surface area (Å²) in [6.07, 6.45) is 0.156. The number of rotatable bonds is 6. The highest BCUT2D eigenvalue weighted by Gasteiger charge is 2.44. The molecule has 1 unspecified atom stereocenters. The Bertz CT molecular complexity index is 527. The number of furan rings is 1. The van der Waals surface area contributed by atoms with Crippen molar-refractivity contribution in [2.75, 3.05) is 13.2 Å². The van der Waals surface area contributed by atoms with Crippen LogP contribution in [0, 0.1) is 0 Å². The molecular formula is C12H13F2NO5S. The highest BCUT2D eigenvalue weighted by molar-refractivity contribution is 7.98. The largest absolute Gasteiger partial charge is 0.479 e. The SMILES string of the molecule is O=C(NC1(C(=O)O)CCOC1)c1ccc(CSC(F)F)o1. The molecule has 2 rings (SSSR count). The van der Waals surface area contributed by atoms with Crippen molar-refractivity contribution in [3.63, 3.8) is 0 Å². The molecule has 0 aromatic carbocycles. The van der Waals surface area contributed by atoms with Gasteiger partial charge < -0.3 is 19.6 Å². The lowest BCUT2D eigenvalue weighted by atomic mass is 9.99. The van der Waals surface area contributed by atoms with Crippen molar-refractivity contribution in [2.24, 2.45) is 0 Å². The quantitative estimate of drug-likeness (QED) is 0.829. The second kappa shape index (κ2) is 6.44. The van der Waals surface area contributed by atoms with E-state index in [1.807, 2.05) is 0 Å². The van der Waals surface area contributed by atoms with Crippen LogP contribution in [0.15, 0.2) is 16.5 Å². The Balaban J connectivity index is 2.01. The van der Waals surface area contributed by atoms with Crippen LogP contribution in [-0.4, -0.2) is 41.5 Å². The lowest BCUT2D eigenvalue weighted by Gasteiger charge is -2.22. The third kappa shape index (κ3) is 3.73. The number of carboxylic acids is 1. The smallest absolute Gasteiger partial charge is 0.331 e. The molecule has 1 aliphatic rings. The Morgan fingerprint density at radius 1 is 1.48 bits per heavy atom. The van der Waals surface area contributed by atoms with E-state index >= 15 is 0 Å². The third-order valence-corrected chi connectivity index (χ3v) is 3.72. The topological polar surface area (TPSA) is 88.8 Å². The van der Waals surface area contributed by atoms with E-state index in [0.29, 0.717) is 11.8 Å². The molecule has 2 N–H and O–H groups in total. The maximum Gasteiger partial charge on any atom is 0.331 e. The number of carbonyl (C=O) groups is 2. The summed E-state index contributed by atoms with van der Waals surface area (Å²) in [7, 11) is 0. The number of thioether (sulfide) groups is 1. The van der Waals surface area contributed by atoms with Crippen LogP contribution in [0.5, 0.6) is 0 Å². The van der Waals surface area contributed by atoms with E-state index < -0.39 is 23.2 Å². The van der Waals surface area contributed by atoms with Gasteiger partial charge in [0, 0.05) is 13.0 Å². The Morgan fingerprint density at radius 2 is 2.24 bits per heavy atom. The van der Waals surface area contributed by atoms with Crippen LogP contribution in [-0.2, 0) is 15.3 Å². The van der Waals surface area contributed by atoms with E-state index in [1.165, 1.54) is 12.1 Å². The predicted octanol–water partition coefficient (Wildman–Crippen LogP) is 1.71. The van der Waals surface area contributed by atoms with Gasteiger partial charge in [-0.1, -0.05) is 11.8 Å². The number of carbonyl (C=O) groups excluding carboxylic acids is 1. The number of aliphatic carboxylic acids is 1. The molecule has 0 spiro atoms. The summed E-state index contributed by atoms with van der Waals surface area (Å²) < 4.78 is 34.3. The standard InChI is InChI=1S/C12H13F2NO5S/c13-11(14)21-5-7-1-2-8(20-7)9(16)15-12(10(17)18)3-4-19-6-12/h1-2,11H,3-6H2,(H,15,16)(H,17,18). The molecule has 1 aromatic heterocycles. The molecule has 1 amide bonds. The van der Waals surface area contributed by atoms with Crippen LogP contribution in [0.1, 0.15) is 22.7 Å². The molecule has 0 saturated carbocycles. The van der Waals surface area contributed by atoms with Crippen molar-refractivity contribution < 1.29 is 32.6 Å². The Labute approximate surface area is 122 Å². The summed E-state index contributed by atoms with van der Waals surface area (Å²) in [5.74, 6) is -4.40. The molecule has 1 aliphatic heterocycles. The summed E-state index contributed by atoms with van der Waals surface area (Å²) in [5, 5.41) is 11.6. The zero-order valence-electron chi connectivity index (χ0n) is 10.8. The molecular weight excluding hydrogens is 308 g/mol. The van der Waals surface area contributed by atoms with E-state index in [1.54, 1.807) is 0 Å². The summed E-state index contributed by atoms with van der Waals surface area (Å²) in [5.41, 5.74) is -1.47. The van der Waals surface area contributed by atoms with Gasteiger partial charge in [0.15, 0.2) is 11.3 Å². The second-order valence-electron chi connectivity index (χ2n) is 4.48. The average Bonchev–Trinajstić information content (AvgIpc) is 3.05. The molecule has 0 radical (unpaired) electrons. The Hall–Kier alpha value is -1.61. The first-order chi connectivity index (χ1) is 9.93. The number of nitrogens with one attached hydrogen (secondary N) is 1. The van der Waals surface area contributed by atoms with Crippen LogP contribution < -0.4 is 5.32 Å². The molecule has 6 nitrogen and oxygen atoms in total. The van der Waals surface area contributed by atoms with Gasteiger partial charge in [-0.3, -0.25) is 4.79 Å². The van der Waals surface area contributed by atoms with Gasteiger partial charge in [0.05, 0.1) is 12.4 Å². The van der Waals surface area contributed by atoms with Crippen molar-refractivity contribution in [1.82, 2.24) is 5.32 Å². The van der Waals surface area contributed by atoms with Crippen molar-refractivity contribution in [3.8, 4) is 0 Å². The molecule has 21 heavy (non-hydrogen) atoms. The zero-order chi connectivity index (χ0) is 15.5. The van der Waals surface area contributed by atoms with Crippen LogP contribution in [0.4, 0.5) is 8.78 Å². The monoisotopic (exact) mass is 321 g/mol. The van der Waals surface area contributed by atoms with Crippen molar-refractivity contribution in [2.45, 2.75) is 23.5 Å². The van der Waals surface area contributed by atoms with Gasteiger partial charge in [0.2, 0.25) is 0 Å². The number of hydrogen-bond acceptors (Lipinski definition) is 5. The number of ether oxygens (including phenoxy) is 1. The van der Waals surface area contributed by atoms with Gasteiger partial charge in [-0.2, -0.15) is 8.78 Å². The summed E-state index contributed by atoms with van der Waals surface area (Å²) >= 11 is 0.374. The molecule has 9 heteroatoms. The minimum Gasteiger partial charge on any atom is -0.479 e. The van der Waals surface area contributed by atoms with E-state index in [-0.39, 0.29) is 36.9 Å². The van der Waals surface area contributed by atoms with Gasteiger partial charge in [-0.05, 0) is 12.1 Å². The predicted molar refractivity (Wildman–Crippen MR) is 69.3 cm³/mol. The maximum absolute atomic E-state index is 12.1. The fraction of sp³-hybridized carbons (Fsp3) is 0.500. The number of halogens is 2. The third-order valence-electron chi connectivity index (χ3n) is 3.02. The number of amides is 1. The molecule has 2 heterocycles. The van der Waals surface area contributed by atoms with E-state index in [2.05, 4.69) is 5.32 Å². The molecule has 1 saturated heterocycles. The highest BCUT2D eigenvalue weighted by Crippen LogP contribution is 2.23. The van der Waals surface area contributed by atoms with Gasteiger partial charge in [0.25, 0.3) is 11.7 Å². The number of alkyl halides is 2. The van der Waals surface area contributed by atoms with Crippen molar-refractivity contribution >= 4 is 23.6 Å². The summed E-state index contributed by atoms with van der Waals surface area (Å²) in [6, 6.07) is 2.73. The highest BCUT2D eigenvalue weighted by atomic mass is 32.2. The zero-order valence-corrected chi connectivity index (χ0v) is 11.6. The van der Waals surface area contributed by atoms with E-state index in [4.69, 9.17) is 9.15 Å². The molecule has 1 aromatic rings. The normalized spacial score (nSPS) is 21.7. The fourth-order valence-corrected chi connectivity index (χ4v) is 2.33. The molecule has 0 bridgehead atoms. The average molecular weight is 321 g/mol. The molecule has 0 aliphatic carbocycles. The first kappa shape index (κ1) is 15.8. The van der Waals surface area contributed by atoms with Crippen LogP contribution in [0.25, 0.3) is 0 Å². The lowest BCUT2D eigenvalue weighted by molar-refractivity contribution is -0.144. The Morgan fingerprint density at radius 3 is 2.81 bits per heavy atom. The van der Waals surface area contributed by atoms with Crippen LogP contribution in [0.2, 0.25) is 0 Å². The first-order valence-electron chi connectivity index (χ1n) is 6.05. The fourth-order valence-electron chi connectivity index (χ4n) is 1.89. The van der Waals surface area contributed by atoms with Crippen LogP contribution in [0.3, 0.4) is 0 Å². The van der Waals surface area contributed by atoms with Crippen molar-refractivity contribution in [3.05, 3.63) is 23.7 Å².